The van der Waals surface area contributed by atoms with E-state index < -0.39 is 0 Å². The van der Waals surface area contributed by atoms with Crippen LogP contribution in [0.5, 0.6) is 0 Å². The summed E-state index contributed by atoms with van der Waals surface area (Å²) in [5, 5.41) is 0. The van der Waals surface area contributed by atoms with Gasteiger partial charge in [0, 0.05) is 16.9 Å². The lowest BCUT2D eigenvalue weighted by atomic mass is 10.0. The van der Waals surface area contributed by atoms with Gasteiger partial charge in [-0.1, -0.05) is 42.3 Å². The zero-order valence-corrected chi connectivity index (χ0v) is 15.8. The molecule has 0 saturated heterocycles. The largest absolute Gasteiger partial charge is 0.482 e. The third-order valence-electron chi connectivity index (χ3n) is 4.87. The van der Waals surface area contributed by atoms with Crippen molar-refractivity contribution in [1.29, 1.82) is 0 Å². The molecule has 0 bridgehead atoms. The zero-order chi connectivity index (χ0) is 18.0. The predicted octanol–water partition coefficient (Wildman–Crippen LogP) is 5.41. The summed E-state index contributed by atoms with van der Waals surface area (Å²) >= 11 is 0. The van der Waals surface area contributed by atoms with E-state index in [1.807, 2.05) is 0 Å². The standard InChI is InChI=1S/C22H27N2O/c1-6-21-18(4)23(19-11-7-16(2)8-12-19)15-24(22(21)25-5)20-13-9-17(3)10-14-20/h7-15,18H,6H2,1-5H3. The molecule has 0 N–H and O–H groups in total. The average molecular weight is 335 g/mol. The number of benzene rings is 2. The van der Waals surface area contributed by atoms with Crippen molar-refractivity contribution >= 4 is 11.4 Å². The first kappa shape index (κ1) is 17.4. The number of hydrogen-bond acceptors (Lipinski definition) is 3. The molecular weight excluding hydrogens is 308 g/mol. The lowest BCUT2D eigenvalue weighted by molar-refractivity contribution is 0.268. The number of hydrogen-bond donors (Lipinski definition) is 0. The molecule has 1 atom stereocenters. The van der Waals surface area contributed by atoms with Crippen LogP contribution in [0.3, 0.4) is 0 Å². The van der Waals surface area contributed by atoms with Crippen LogP contribution in [0.1, 0.15) is 31.4 Å². The molecular formula is C22H27N2O. The number of aryl methyl sites for hydroxylation is 2. The van der Waals surface area contributed by atoms with Crippen LogP contribution in [-0.2, 0) is 4.74 Å². The van der Waals surface area contributed by atoms with Gasteiger partial charge in [-0.25, -0.2) is 0 Å². The molecule has 1 heterocycles. The van der Waals surface area contributed by atoms with Gasteiger partial charge >= 0.3 is 0 Å². The molecule has 3 heteroatoms. The third kappa shape index (κ3) is 3.37. The minimum Gasteiger partial charge on any atom is -0.482 e. The number of anilines is 2. The second-order valence-corrected chi connectivity index (χ2v) is 6.63. The van der Waals surface area contributed by atoms with Crippen LogP contribution in [-0.4, -0.2) is 13.2 Å². The third-order valence-corrected chi connectivity index (χ3v) is 4.87. The van der Waals surface area contributed by atoms with E-state index in [1.54, 1.807) is 7.11 Å². The van der Waals surface area contributed by atoms with Gasteiger partial charge in [-0.3, -0.25) is 4.90 Å². The zero-order valence-electron chi connectivity index (χ0n) is 15.8. The van der Waals surface area contributed by atoms with Crippen LogP contribution in [0.25, 0.3) is 0 Å². The van der Waals surface area contributed by atoms with Crippen LogP contribution in [0.4, 0.5) is 11.4 Å². The highest BCUT2D eigenvalue weighted by atomic mass is 16.5. The van der Waals surface area contributed by atoms with Crippen molar-refractivity contribution in [3.05, 3.63) is 77.8 Å². The van der Waals surface area contributed by atoms with E-state index in [1.165, 1.54) is 22.4 Å². The van der Waals surface area contributed by atoms with Gasteiger partial charge < -0.3 is 9.64 Å². The molecule has 2 aromatic carbocycles. The van der Waals surface area contributed by atoms with Crippen LogP contribution >= 0.6 is 0 Å². The first-order valence-corrected chi connectivity index (χ1v) is 8.88. The Hall–Kier alpha value is -2.42. The number of ether oxygens (including phenoxy) is 1. The highest BCUT2D eigenvalue weighted by Crippen LogP contribution is 2.36. The Morgan fingerprint density at radius 2 is 1.40 bits per heavy atom. The van der Waals surface area contributed by atoms with Gasteiger partial charge in [0.15, 0.2) is 5.88 Å². The summed E-state index contributed by atoms with van der Waals surface area (Å²) in [7, 11) is 1.76. The SMILES string of the molecule is CCC1=C(OC)N(c2ccc(C)cc2)[CH]N(c2ccc(C)cc2)C1C. The summed E-state index contributed by atoms with van der Waals surface area (Å²) in [6.07, 6.45) is 0.947. The van der Waals surface area contributed by atoms with Gasteiger partial charge in [0.1, 0.15) is 6.67 Å². The molecule has 2 aromatic rings. The first-order chi connectivity index (χ1) is 12.0. The molecule has 0 aliphatic carbocycles. The lowest BCUT2D eigenvalue weighted by Gasteiger charge is -2.43. The van der Waals surface area contributed by atoms with Gasteiger partial charge in [0.05, 0.1) is 13.2 Å². The average Bonchev–Trinajstić information content (AvgIpc) is 2.63. The molecule has 1 radical (unpaired) electrons. The van der Waals surface area contributed by atoms with Gasteiger partial charge in [-0.05, 0) is 51.5 Å². The Morgan fingerprint density at radius 1 is 0.880 bits per heavy atom. The molecule has 3 nitrogen and oxygen atoms in total. The predicted molar refractivity (Wildman–Crippen MR) is 105 cm³/mol. The molecule has 1 unspecified atom stereocenters. The maximum atomic E-state index is 5.81. The van der Waals surface area contributed by atoms with Crippen molar-refractivity contribution in [1.82, 2.24) is 0 Å². The molecule has 1 aliphatic rings. The number of rotatable bonds is 4. The quantitative estimate of drug-likeness (QED) is 0.743. The van der Waals surface area contributed by atoms with E-state index in [-0.39, 0.29) is 6.04 Å². The van der Waals surface area contributed by atoms with Crippen LogP contribution in [0.2, 0.25) is 0 Å². The van der Waals surface area contributed by atoms with Gasteiger partial charge in [-0.2, -0.15) is 0 Å². The van der Waals surface area contributed by atoms with Crippen molar-refractivity contribution in [3.8, 4) is 0 Å². The normalized spacial score (nSPS) is 17.9. The summed E-state index contributed by atoms with van der Waals surface area (Å²) in [6, 6.07) is 17.5. The summed E-state index contributed by atoms with van der Waals surface area (Å²) in [5.41, 5.74) is 6.12. The second-order valence-electron chi connectivity index (χ2n) is 6.63. The van der Waals surface area contributed by atoms with Crippen molar-refractivity contribution in [2.24, 2.45) is 0 Å². The van der Waals surface area contributed by atoms with E-state index in [9.17, 15) is 0 Å². The molecule has 0 fully saturated rings. The highest BCUT2D eigenvalue weighted by molar-refractivity contribution is 5.63. The Kier molecular flexibility index (Phi) is 5.03. The molecule has 0 spiro atoms. The van der Waals surface area contributed by atoms with Gasteiger partial charge in [0.2, 0.25) is 0 Å². The minimum absolute atomic E-state index is 0.254. The van der Waals surface area contributed by atoms with Crippen molar-refractivity contribution in [2.45, 2.75) is 40.2 Å². The minimum atomic E-state index is 0.254. The lowest BCUT2D eigenvalue weighted by Crippen LogP contribution is -2.45. The molecule has 0 aromatic heterocycles. The Labute approximate surface area is 151 Å². The summed E-state index contributed by atoms with van der Waals surface area (Å²) in [5.74, 6) is 0.933. The summed E-state index contributed by atoms with van der Waals surface area (Å²) in [6.45, 7) is 10.8. The fraction of sp³-hybridized carbons (Fsp3) is 0.318. The van der Waals surface area contributed by atoms with Crippen molar-refractivity contribution in [3.63, 3.8) is 0 Å². The molecule has 0 saturated carbocycles. The Balaban J connectivity index is 2.05. The highest BCUT2D eigenvalue weighted by Gasteiger charge is 2.32. The fourth-order valence-electron chi connectivity index (χ4n) is 3.35. The van der Waals surface area contributed by atoms with E-state index in [0.717, 1.165) is 18.0 Å². The second kappa shape index (κ2) is 7.22. The van der Waals surface area contributed by atoms with Crippen LogP contribution in [0, 0.1) is 20.5 Å². The van der Waals surface area contributed by atoms with Crippen molar-refractivity contribution in [2.75, 3.05) is 16.9 Å². The fourth-order valence-corrected chi connectivity index (χ4v) is 3.35. The number of nitrogens with zero attached hydrogens (tertiary/aromatic N) is 2. The molecule has 25 heavy (non-hydrogen) atoms. The maximum Gasteiger partial charge on any atom is 0.196 e. The monoisotopic (exact) mass is 335 g/mol. The molecule has 131 valence electrons. The summed E-state index contributed by atoms with van der Waals surface area (Å²) < 4.78 is 5.81. The van der Waals surface area contributed by atoms with E-state index in [0.29, 0.717) is 0 Å². The molecule has 3 rings (SSSR count). The topological polar surface area (TPSA) is 15.7 Å². The number of methoxy groups -OCH3 is 1. The molecule has 0 amide bonds. The van der Waals surface area contributed by atoms with E-state index in [2.05, 4.69) is 92.7 Å². The van der Waals surface area contributed by atoms with Crippen LogP contribution in [0.15, 0.2) is 60.0 Å². The van der Waals surface area contributed by atoms with E-state index >= 15 is 0 Å². The molecule has 1 aliphatic heterocycles. The maximum absolute atomic E-state index is 5.81. The van der Waals surface area contributed by atoms with Gasteiger partial charge in [-0.15, -0.1) is 0 Å². The van der Waals surface area contributed by atoms with Crippen molar-refractivity contribution < 1.29 is 4.74 Å². The Bertz CT molecular complexity index is 747. The van der Waals surface area contributed by atoms with Crippen LogP contribution < -0.4 is 9.80 Å². The van der Waals surface area contributed by atoms with E-state index in [4.69, 9.17) is 4.74 Å². The Morgan fingerprint density at radius 3 is 1.88 bits per heavy atom. The first-order valence-electron chi connectivity index (χ1n) is 8.88. The summed E-state index contributed by atoms with van der Waals surface area (Å²) in [4.78, 5) is 4.47. The van der Waals surface area contributed by atoms with Gasteiger partial charge in [0.25, 0.3) is 0 Å². The smallest absolute Gasteiger partial charge is 0.196 e.